The first-order valence-electron chi connectivity index (χ1n) is 5.98. The molecule has 0 unspecified atom stereocenters. The van der Waals surface area contributed by atoms with Gasteiger partial charge in [0.2, 0.25) is 0 Å². The molecule has 0 atom stereocenters. The lowest BCUT2D eigenvalue weighted by atomic mass is 10.3. The van der Waals surface area contributed by atoms with Gasteiger partial charge >= 0.3 is 0 Å². The third kappa shape index (κ3) is 2.24. The number of hydrogen-bond donors (Lipinski definition) is 0. The first-order chi connectivity index (χ1) is 9.25. The molecule has 0 radical (unpaired) electrons. The average Bonchev–Trinajstić information content (AvgIpc) is 2.89. The van der Waals surface area contributed by atoms with E-state index in [1.54, 1.807) is 38.9 Å². The van der Waals surface area contributed by atoms with Crippen LogP contribution in [0.1, 0.15) is 0 Å². The zero-order valence-corrected chi connectivity index (χ0v) is 11.0. The van der Waals surface area contributed by atoms with E-state index in [1.165, 1.54) is 6.07 Å². The molecule has 0 aromatic carbocycles. The summed E-state index contributed by atoms with van der Waals surface area (Å²) in [6.45, 7) is 0.990. The third-order valence-corrected chi connectivity index (χ3v) is 3.96. The Morgan fingerprint density at radius 1 is 0.947 bits per heavy atom. The van der Waals surface area contributed by atoms with Crippen LogP contribution >= 0.6 is 11.3 Å². The number of thiophene rings is 1. The lowest BCUT2D eigenvalue weighted by molar-refractivity contribution is 0.555. The van der Waals surface area contributed by atoms with E-state index in [9.17, 15) is 9.59 Å². The van der Waals surface area contributed by atoms with Gasteiger partial charge in [-0.3, -0.25) is 9.59 Å². The lowest BCUT2D eigenvalue weighted by Crippen LogP contribution is -2.25. The van der Waals surface area contributed by atoms with Gasteiger partial charge in [-0.05, 0) is 23.6 Å². The molecular weight excluding hydrogens is 260 g/mol. The molecule has 19 heavy (non-hydrogen) atoms. The first-order valence-corrected chi connectivity index (χ1v) is 6.86. The summed E-state index contributed by atoms with van der Waals surface area (Å²) in [7, 11) is 0. The summed E-state index contributed by atoms with van der Waals surface area (Å²) in [6.07, 6.45) is 3.52. The fraction of sp³-hybridized carbons (Fsp3) is 0.143. The van der Waals surface area contributed by atoms with Crippen molar-refractivity contribution in [1.82, 2.24) is 9.13 Å². The van der Waals surface area contributed by atoms with Crippen LogP contribution < -0.4 is 11.1 Å². The highest BCUT2D eigenvalue weighted by Crippen LogP contribution is 2.16. The van der Waals surface area contributed by atoms with E-state index in [-0.39, 0.29) is 11.1 Å². The van der Waals surface area contributed by atoms with Gasteiger partial charge in [0.25, 0.3) is 11.1 Å². The molecule has 0 aliphatic carbocycles. The van der Waals surface area contributed by atoms with Gasteiger partial charge in [-0.15, -0.1) is 11.3 Å². The fourth-order valence-electron chi connectivity index (χ4n) is 2.04. The summed E-state index contributed by atoms with van der Waals surface area (Å²) in [5.41, 5.74) is -0.0464. The number of nitrogens with zero attached hydrogens (tertiary/aromatic N) is 2. The Hall–Kier alpha value is -2.14. The zero-order valence-electron chi connectivity index (χ0n) is 10.2. The van der Waals surface area contributed by atoms with Crippen molar-refractivity contribution < 1.29 is 0 Å². The molecule has 3 aromatic heterocycles. The minimum Gasteiger partial charge on any atom is -0.314 e. The fourth-order valence-corrected chi connectivity index (χ4v) is 2.82. The molecule has 3 aromatic rings. The van der Waals surface area contributed by atoms with Crippen molar-refractivity contribution in [2.75, 3.05) is 0 Å². The smallest absolute Gasteiger partial charge is 0.259 e. The van der Waals surface area contributed by atoms with Crippen molar-refractivity contribution >= 4 is 21.4 Å². The standard InChI is InChI=1S/C14H12N2O2S/c17-13-3-1-2-6-15(13)8-9-16-7-4-12-11(14(16)18)5-10-19-12/h1-7,10H,8-9H2. The SMILES string of the molecule is O=c1ccccn1CCn1ccc2sccc2c1=O. The molecule has 0 fully saturated rings. The summed E-state index contributed by atoms with van der Waals surface area (Å²) in [4.78, 5) is 23.8. The Balaban J connectivity index is 1.90. The second kappa shape index (κ2) is 4.85. The molecule has 96 valence electrons. The largest absolute Gasteiger partial charge is 0.314 e. The second-order valence-corrected chi connectivity index (χ2v) is 5.19. The van der Waals surface area contributed by atoms with Crippen LogP contribution in [0.2, 0.25) is 0 Å². The van der Waals surface area contributed by atoms with Gasteiger partial charge in [-0.2, -0.15) is 0 Å². The van der Waals surface area contributed by atoms with Gasteiger partial charge < -0.3 is 9.13 Å². The summed E-state index contributed by atoms with van der Waals surface area (Å²) >= 11 is 1.56. The van der Waals surface area contributed by atoms with Crippen molar-refractivity contribution in [3.8, 4) is 0 Å². The van der Waals surface area contributed by atoms with E-state index in [0.29, 0.717) is 13.1 Å². The van der Waals surface area contributed by atoms with Crippen LogP contribution in [0.25, 0.3) is 10.1 Å². The van der Waals surface area contributed by atoms with Gasteiger partial charge in [-0.1, -0.05) is 6.07 Å². The predicted octanol–water partition coefficient (Wildman–Crippen LogP) is 1.92. The van der Waals surface area contributed by atoms with Gasteiger partial charge in [0.05, 0.1) is 5.39 Å². The van der Waals surface area contributed by atoms with Crippen molar-refractivity contribution in [3.63, 3.8) is 0 Å². The molecule has 0 aliphatic rings. The number of hydrogen-bond acceptors (Lipinski definition) is 3. The molecule has 0 bridgehead atoms. The van der Waals surface area contributed by atoms with Crippen LogP contribution in [0.15, 0.2) is 57.7 Å². The number of aromatic nitrogens is 2. The van der Waals surface area contributed by atoms with Crippen LogP contribution in [-0.4, -0.2) is 9.13 Å². The first kappa shape index (κ1) is 11.9. The van der Waals surface area contributed by atoms with Crippen LogP contribution in [0, 0.1) is 0 Å². The van der Waals surface area contributed by atoms with Crippen molar-refractivity contribution in [2.24, 2.45) is 0 Å². The number of fused-ring (bicyclic) bond motifs is 1. The van der Waals surface area contributed by atoms with Gasteiger partial charge in [-0.25, -0.2) is 0 Å². The van der Waals surface area contributed by atoms with Gasteiger partial charge in [0, 0.05) is 36.2 Å². The van der Waals surface area contributed by atoms with E-state index >= 15 is 0 Å². The predicted molar refractivity (Wildman–Crippen MR) is 76.8 cm³/mol. The third-order valence-electron chi connectivity index (χ3n) is 3.07. The molecule has 0 spiro atoms. The molecule has 0 saturated heterocycles. The Labute approximate surface area is 113 Å². The van der Waals surface area contributed by atoms with Crippen molar-refractivity contribution in [1.29, 1.82) is 0 Å². The summed E-state index contributed by atoms with van der Waals surface area (Å²) in [5.74, 6) is 0. The Morgan fingerprint density at radius 3 is 2.63 bits per heavy atom. The molecule has 0 saturated carbocycles. The quantitative estimate of drug-likeness (QED) is 0.731. The zero-order chi connectivity index (χ0) is 13.2. The lowest BCUT2D eigenvalue weighted by Gasteiger charge is -2.07. The highest BCUT2D eigenvalue weighted by molar-refractivity contribution is 7.17. The van der Waals surface area contributed by atoms with Crippen molar-refractivity contribution in [3.05, 3.63) is 68.8 Å². The molecule has 3 heterocycles. The summed E-state index contributed by atoms with van der Waals surface area (Å²) in [6, 6.07) is 8.82. The Morgan fingerprint density at radius 2 is 1.79 bits per heavy atom. The average molecular weight is 272 g/mol. The second-order valence-electron chi connectivity index (χ2n) is 4.25. The molecule has 3 rings (SSSR count). The maximum absolute atomic E-state index is 12.2. The van der Waals surface area contributed by atoms with Gasteiger partial charge in [0.15, 0.2) is 0 Å². The van der Waals surface area contributed by atoms with Crippen LogP contribution in [0.3, 0.4) is 0 Å². The molecule has 5 heteroatoms. The van der Waals surface area contributed by atoms with Crippen LogP contribution in [0.5, 0.6) is 0 Å². The highest BCUT2D eigenvalue weighted by atomic mass is 32.1. The molecule has 0 amide bonds. The summed E-state index contributed by atoms with van der Waals surface area (Å²) < 4.78 is 4.25. The van der Waals surface area contributed by atoms with Crippen LogP contribution in [-0.2, 0) is 13.1 Å². The number of rotatable bonds is 3. The minimum absolute atomic E-state index is 0.00253. The van der Waals surface area contributed by atoms with E-state index in [1.807, 2.05) is 23.6 Å². The number of aryl methyl sites for hydroxylation is 2. The molecule has 0 N–H and O–H groups in total. The minimum atomic E-state index is -0.0489. The molecular formula is C14H12N2O2S. The molecule has 4 nitrogen and oxygen atoms in total. The van der Waals surface area contributed by atoms with E-state index < -0.39 is 0 Å². The monoisotopic (exact) mass is 272 g/mol. The van der Waals surface area contributed by atoms with E-state index in [0.717, 1.165) is 10.1 Å². The normalized spacial score (nSPS) is 10.9. The Kier molecular flexibility index (Phi) is 3.05. The van der Waals surface area contributed by atoms with E-state index in [2.05, 4.69) is 0 Å². The van der Waals surface area contributed by atoms with E-state index in [4.69, 9.17) is 0 Å². The van der Waals surface area contributed by atoms with Crippen molar-refractivity contribution in [2.45, 2.75) is 13.1 Å². The maximum atomic E-state index is 12.2. The Bertz CT molecular complexity index is 829. The molecule has 0 aliphatic heterocycles. The van der Waals surface area contributed by atoms with Crippen LogP contribution in [0.4, 0.5) is 0 Å². The maximum Gasteiger partial charge on any atom is 0.259 e. The number of pyridine rings is 2. The van der Waals surface area contributed by atoms with Gasteiger partial charge in [0.1, 0.15) is 0 Å². The highest BCUT2D eigenvalue weighted by Gasteiger charge is 2.03. The topological polar surface area (TPSA) is 44.0 Å². The summed E-state index contributed by atoms with van der Waals surface area (Å²) in [5, 5.41) is 2.66.